The minimum Gasteiger partial charge on any atom is -0.497 e. The van der Waals surface area contributed by atoms with E-state index in [1.807, 2.05) is 43.3 Å². The molecule has 2 aromatic rings. The van der Waals surface area contributed by atoms with Crippen LogP contribution in [0.4, 0.5) is 10.5 Å². The smallest absolute Gasteiger partial charge is 0.319 e. The maximum atomic E-state index is 12.2. The number of carbonyl (C=O) groups excluding carboxylic acids is 1. The van der Waals surface area contributed by atoms with Crippen molar-refractivity contribution < 1.29 is 9.53 Å². The van der Waals surface area contributed by atoms with E-state index in [2.05, 4.69) is 24.5 Å². The van der Waals surface area contributed by atoms with Crippen LogP contribution in [0.5, 0.6) is 5.75 Å². The van der Waals surface area contributed by atoms with Gasteiger partial charge < -0.3 is 15.4 Å². The van der Waals surface area contributed by atoms with Gasteiger partial charge in [-0.15, -0.1) is 0 Å². The van der Waals surface area contributed by atoms with Gasteiger partial charge in [-0.25, -0.2) is 4.79 Å². The second-order valence-corrected chi connectivity index (χ2v) is 6.74. The molecule has 0 aliphatic rings. The van der Waals surface area contributed by atoms with Crippen molar-refractivity contribution in [3.63, 3.8) is 0 Å². The second kappa shape index (κ2) is 7.58. The van der Waals surface area contributed by atoms with E-state index in [1.54, 1.807) is 13.2 Å². The summed E-state index contributed by atoms with van der Waals surface area (Å²) in [6, 6.07) is 13.1. The third-order valence-corrected chi connectivity index (χ3v) is 4.49. The fourth-order valence-electron chi connectivity index (χ4n) is 2.35. The highest BCUT2D eigenvalue weighted by Crippen LogP contribution is 2.25. The van der Waals surface area contributed by atoms with Crippen molar-refractivity contribution in [2.45, 2.75) is 26.2 Å². The van der Waals surface area contributed by atoms with Crippen LogP contribution in [0.1, 0.15) is 25.0 Å². The van der Waals surface area contributed by atoms with Crippen molar-refractivity contribution in [2.75, 3.05) is 19.0 Å². The Morgan fingerprint density at radius 1 is 1.17 bits per heavy atom. The van der Waals surface area contributed by atoms with Crippen LogP contribution in [0, 0.1) is 6.92 Å². The van der Waals surface area contributed by atoms with E-state index >= 15 is 0 Å². The Kier molecular flexibility index (Phi) is 5.73. The molecule has 24 heavy (non-hydrogen) atoms. The molecule has 0 unspecified atom stereocenters. The average molecular weight is 347 g/mol. The van der Waals surface area contributed by atoms with Crippen LogP contribution in [-0.2, 0) is 5.41 Å². The monoisotopic (exact) mass is 346 g/mol. The maximum absolute atomic E-state index is 12.2. The Labute approximate surface area is 148 Å². The molecule has 0 saturated carbocycles. The lowest BCUT2D eigenvalue weighted by molar-refractivity contribution is 0.249. The Bertz CT molecular complexity index is 712. The summed E-state index contributed by atoms with van der Waals surface area (Å²) in [5.41, 5.74) is 2.49. The highest BCUT2D eigenvalue weighted by atomic mass is 35.5. The normalized spacial score (nSPS) is 11.0. The minimum absolute atomic E-state index is 0.201. The second-order valence-electron chi connectivity index (χ2n) is 6.33. The predicted molar refractivity (Wildman–Crippen MR) is 99.2 cm³/mol. The number of ether oxygens (including phenoxy) is 1. The number of nitrogens with one attached hydrogen (secondary N) is 2. The zero-order chi connectivity index (χ0) is 17.7. The van der Waals surface area contributed by atoms with Crippen molar-refractivity contribution in [3.05, 3.63) is 58.6 Å². The summed E-state index contributed by atoms with van der Waals surface area (Å²) in [5.74, 6) is 0.816. The van der Waals surface area contributed by atoms with Crippen LogP contribution < -0.4 is 15.4 Å². The summed E-state index contributed by atoms with van der Waals surface area (Å²) in [6.45, 7) is 6.55. The molecule has 0 saturated heterocycles. The average Bonchev–Trinajstić information content (AvgIpc) is 2.57. The number of benzene rings is 2. The predicted octanol–water partition coefficient (Wildman–Crippen LogP) is 4.76. The number of hydrogen-bond donors (Lipinski definition) is 2. The van der Waals surface area contributed by atoms with Crippen LogP contribution in [-0.4, -0.2) is 19.7 Å². The molecular weight excluding hydrogens is 324 g/mol. The molecule has 2 aromatic carbocycles. The first-order valence-electron chi connectivity index (χ1n) is 7.78. The molecule has 0 heterocycles. The van der Waals surface area contributed by atoms with Crippen molar-refractivity contribution >= 4 is 23.3 Å². The van der Waals surface area contributed by atoms with Crippen molar-refractivity contribution in [2.24, 2.45) is 0 Å². The maximum Gasteiger partial charge on any atom is 0.319 e. The highest BCUT2D eigenvalue weighted by molar-refractivity contribution is 6.31. The van der Waals surface area contributed by atoms with Gasteiger partial charge in [0.15, 0.2) is 0 Å². The van der Waals surface area contributed by atoms with E-state index < -0.39 is 0 Å². The molecule has 0 aliphatic carbocycles. The van der Waals surface area contributed by atoms with Gasteiger partial charge in [0.05, 0.1) is 7.11 Å². The number of rotatable bonds is 5. The molecule has 2 N–H and O–H groups in total. The van der Waals surface area contributed by atoms with Gasteiger partial charge in [0.1, 0.15) is 5.75 Å². The molecule has 0 atom stereocenters. The van der Waals surface area contributed by atoms with E-state index in [1.165, 1.54) is 0 Å². The van der Waals surface area contributed by atoms with Crippen LogP contribution in [0.3, 0.4) is 0 Å². The number of halogens is 1. The lowest BCUT2D eigenvalue weighted by Crippen LogP contribution is -2.39. The molecule has 5 heteroatoms. The molecular formula is C19H23ClN2O2. The zero-order valence-corrected chi connectivity index (χ0v) is 15.2. The van der Waals surface area contributed by atoms with E-state index in [0.29, 0.717) is 17.3 Å². The van der Waals surface area contributed by atoms with Crippen molar-refractivity contribution in [1.29, 1.82) is 0 Å². The molecule has 128 valence electrons. The first-order valence-corrected chi connectivity index (χ1v) is 8.16. The number of methoxy groups -OCH3 is 1. The molecule has 0 bridgehead atoms. The summed E-state index contributed by atoms with van der Waals surface area (Å²) >= 11 is 6.07. The van der Waals surface area contributed by atoms with Crippen LogP contribution in [0.15, 0.2) is 42.5 Å². The topological polar surface area (TPSA) is 50.4 Å². The van der Waals surface area contributed by atoms with Crippen LogP contribution >= 0.6 is 11.6 Å². The van der Waals surface area contributed by atoms with Gasteiger partial charge in [0.2, 0.25) is 0 Å². The lowest BCUT2D eigenvalue weighted by Gasteiger charge is -2.26. The third kappa shape index (κ3) is 4.42. The van der Waals surface area contributed by atoms with Gasteiger partial charge in [-0.05, 0) is 42.3 Å². The third-order valence-electron chi connectivity index (χ3n) is 4.08. The van der Waals surface area contributed by atoms with Crippen molar-refractivity contribution in [1.82, 2.24) is 5.32 Å². The SMILES string of the molecule is COc1ccc(C(C)(C)CNC(=O)Nc2cccc(Cl)c2C)cc1. The standard InChI is InChI=1S/C19H23ClN2O2/c1-13-16(20)6-5-7-17(13)22-18(23)21-12-19(2,3)14-8-10-15(24-4)11-9-14/h5-11H,12H2,1-4H3,(H2,21,22,23). The molecule has 0 aliphatic heterocycles. The Morgan fingerprint density at radius 3 is 2.46 bits per heavy atom. The number of urea groups is 1. The summed E-state index contributed by atoms with van der Waals surface area (Å²) in [7, 11) is 1.64. The molecule has 0 radical (unpaired) electrons. The largest absolute Gasteiger partial charge is 0.497 e. The summed E-state index contributed by atoms with van der Waals surface area (Å²) in [4.78, 5) is 12.2. The number of anilines is 1. The van der Waals surface area contributed by atoms with Gasteiger partial charge >= 0.3 is 6.03 Å². The summed E-state index contributed by atoms with van der Waals surface area (Å²) in [5, 5.41) is 6.39. The van der Waals surface area contributed by atoms with Crippen molar-refractivity contribution in [3.8, 4) is 5.75 Å². The Hall–Kier alpha value is -2.20. The molecule has 0 aromatic heterocycles. The lowest BCUT2D eigenvalue weighted by atomic mass is 9.84. The van der Waals surface area contributed by atoms with Crippen LogP contribution in [0.25, 0.3) is 0 Å². The molecule has 0 spiro atoms. The number of hydrogen-bond acceptors (Lipinski definition) is 2. The van der Waals surface area contributed by atoms with Gasteiger partial charge in [0, 0.05) is 22.7 Å². The zero-order valence-electron chi connectivity index (χ0n) is 14.4. The van der Waals surface area contributed by atoms with Crippen LogP contribution in [0.2, 0.25) is 5.02 Å². The van der Waals surface area contributed by atoms with E-state index in [9.17, 15) is 4.79 Å². The first-order chi connectivity index (χ1) is 11.3. The van der Waals surface area contributed by atoms with Gasteiger partial charge in [-0.2, -0.15) is 0 Å². The van der Waals surface area contributed by atoms with E-state index in [0.717, 1.165) is 16.9 Å². The molecule has 2 rings (SSSR count). The summed E-state index contributed by atoms with van der Waals surface area (Å²) < 4.78 is 5.18. The van der Waals surface area contributed by atoms with E-state index in [4.69, 9.17) is 16.3 Å². The fourth-order valence-corrected chi connectivity index (χ4v) is 2.53. The fraction of sp³-hybridized carbons (Fsp3) is 0.316. The van der Waals surface area contributed by atoms with Gasteiger partial charge in [-0.3, -0.25) is 0 Å². The number of amides is 2. The highest BCUT2D eigenvalue weighted by Gasteiger charge is 2.21. The molecule has 2 amide bonds. The first kappa shape index (κ1) is 18.1. The quantitative estimate of drug-likeness (QED) is 0.820. The van der Waals surface area contributed by atoms with E-state index in [-0.39, 0.29) is 11.4 Å². The molecule has 0 fully saturated rings. The Morgan fingerprint density at radius 2 is 1.83 bits per heavy atom. The summed E-state index contributed by atoms with van der Waals surface area (Å²) in [6.07, 6.45) is 0. The Balaban J connectivity index is 1.97. The number of carbonyl (C=O) groups is 1. The van der Waals surface area contributed by atoms with Gasteiger partial charge in [-0.1, -0.05) is 43.6 Å². The molecule has 4 nitrogen and oxygen atoms in total. The van der Waals surface area contributed by atoms with Gasteiger partial charge in [0.25, 0.3) is 0 Å². The minimum atomic E-state index is -0.248.